The topological polar surface area (TPSA) is 69.6 Å². The van der Waals surface area contributed by atoms with E-state index in [9.17, 15) is 0 Å². The molecule has 2 aliphatic rings. The molecule has 2 aromatic heterocycles. The first-order valence-corrected chi connectivity index (χ1v) is 8.95. The van der Waals surface area contributed by atoms with Crippen LogP contribution in [0.5, 0.6) is 0 Å². The van der Waals surface area contributed by atoms with E-state index < -0.39 is 0 Å². The molecule has 2 fully saturated rings. The van der Waals surface area contributed by atoms with Gasteiger partial charge in [0.1, 0.15) is 5.82 Å². The van der Waals surface area contributed by atoms with Gasteiger partial charge < -0.3 is 5.73 Å². The van der Waals surface area contributed by atoms with Crippen molar-refractivity contribution in [2.75, 3.05) is 0 Å². The summed E-state index contributed by atoms with van der Waals surface area (Å²) in [4.78, 5) is 9.48. The van der Waals surface area contributed by atoms with Crippen molar-refractivity contribution >= 4 is 0 Å². The smallest absolute Gasteiger partial charge is 0.155 e. The number of aromatic nitrogens is 4. The van der Waals surface area contributed by atoms with E-state index >= 15 is 0 Å². The van der Waals surface area contributed by atoms with Crippen LogP contribution in [0.1, 0.15) is 74.9 Å². The number of hydrogen-bond acceptors (Lipinski definition) is 4. The molecule has 0 bridgehead atoms. The van der Waals surface area contributed by atoms with Gasteiger partial charge >= 0.3 is 0 Å². The second-order valence-corrected chi connectivity index (χ2v) is 7.02. The molecular formula is C18H25N5. The molecule has 4 rings (SSSR count). The Morgan fingerprint density at radius 2 is 1.74 bits per heavy atom. The van der Waals surface area contributed by atoms with E-state index in [2.05, 4.69) is 4.98 Å². The molecule has 0 aromatic carbocycles. The maximum Gasteiger partial charge on any atom is 0.155 e. The Balaban J connectivity index is 1.70. The zero-order valence-electron chi connectivity index (χ0n) is 13.6. The highest BCUT2D eigenvalue weighted by atomic mass is 15.4. The SMILES string of the molecule is NC1CCC(c2nc(C3CCCC3)nn2-c2ccccn2)CC1. The van der Waals surface area contributed by atoms with E-state index in [4.69, 9.17) is 15.8 Å². The van der Waals surface area contributed by atoms with Crippen molar-refractivity contribution < 1.29 is 0 Å². The predicted molar refractivity (Wildman–Crippen MR) is 89.5 cm³/mol. The molecule has 0 radical (unpaired) electrons. The van der Waals surface area contributed by atoms with E-state index in [-0.39, 0.29) is 0 Å². The van der Waals surface area contributed by atoms with Crippen LogP contribution in [0.15, 0.2) is 24.4 Å². The standard InChI is InChI=1S/C18H25N5/c19-15-10-8-14(9-11-15)18-21-17(13-5-1-2-6-13)22-23(18)16-7-3-4-12-20-16/h3-4,7,12-15H,1-2,5-6,8-11,19H2. The molecule has 2 heterocycles. The first-order valence-electron chi connectivity index (χ1n) is 8.95. The van der Waals surface area contributed by atoms with Crippen LogP contribution in [-0.2, 0) is 0 Å². The lowest BCUT2D eigenvalue weighted by atomic mass is 9.86. The summed E-state index contributed by atoms with van der Waals surface area (Å²) in [5, 5.41) is 4.87. The third kappa shape index (κ3) is 3.02. The van der Waals surface area contributed by atoms with Gasteiger partial charge in [-0.15, -0.1) is 5.10 Å². The van der Waals surface area contributed by atoms with Gasteiger partial charge in [-0.25, -0.2) is 9.97 Å². The van der Waals surface area contributed by atoms with Crippen molar-refractivity contribution in [3.05, 3.63) is 36.0 Å². The van der Waals surface area contributed by atoms with Gasteiger partial charge in [-0.05, 0) is 50.7 Å². The van der Waals surface area contributed by atoms with Crippen LogP contribution >= 0.6 is 0 Å². The van der Waals surface area contributed by atoms with Crippen LogP contribution in [0.2, 0.25) is 0 Å². The summed E-state index contributed by atoms with van der Waals surface area (Å²) in [6, 6.07) is 6.33. The molecule has 0 aliphatic heterocycles. The molecule has 0 unspecified atom stereocenters. The fraction of sp³-hybridized carbons (Fsp3) is 0.611. The van der Waals surface area contributed by atoms with Crippen molar-refractivity contribution in [1.29, 1.82) is 0 Å². The number of nitrogens with two attached hydrogens (primary N) is 1. The molecule has 0 saturated heterocycles. The molecule has 2 aromatic rings. The van der Waals surface area contributed by atoms with E-state index in [1.807, 2.05) is 29.1 Å². The van der Waals surface area contributed by atoms with Crippen molar-refractivity contribution in [2.45, 2.75) is 69.2 Å². The molecule has 5 heteroatoms. The van der Waals surface area contributed by atoms with Gasteiger partial charge in [0.25, 0.3) is 0 Å². The zero-order valence-corrected chi connectivity index (χ0v) is 13.6. The molecule has 0 amide bonds. The van der Waals surface area contributed by atoms with Crippen LogP contribution in [-0.4, -0.2) is 25.8 Å². The summed E-state index contributed by atoms with van der Waals surface area (Å²) in [6.45, 7) is 0. The molecule has 122 valence electrons. The van der Waals surface area contributed by atoms with Crippen LogP contribution in [0.3, 0.4) is 0 Å². The van der Waals surface area contributed by atoms with E-state index in [0.717, 1.165) is 43.1 Å². The number of nitrogens with zero attached hydrogens (tertiary/aromatic N) is 4. The highest BCUT2D eigenvalue weighted by Crippen LogP contribution is 2.36. The minimum atomic E-state index is 0.353. The van der Waals surface area contributed by atoms with E-state index in [0.29, 0.717) is 17.9 Å². The lowest BCUT2D eigenvalue weighted by Gasteiger charge is -2.25. The second kappa shape index (κ2) is 6.40. The maximum atomic E-state index is 6.07. The second-order valence-electron chi connectivity index (χ2n) is 7.02. The summed E-state index contributed by atoms with van der Waals surface area (Å²) < 4.78 is 2.00. The third-order valence-corrected chi connectivity index (χ3v) is 5.37. The Bertz CT molecular complexity index is 637. The van der Waals surface area contributed by atoms with Crippen molar-refractivity contribution in [3.8, 4) is 5.82 Å². The summed E-state index contributed by atoms with van der Waals surface area (Å²) in [5.74, 6) is 3.99. The van der Waals surface area contributed by atoms with Crippen molar-refractivity contribution in [1.82, 2.24) is 19.7 Å². The van der Waals surface area contributed by atoms with E-state index in [1.54, 1.807) is 0 Å². The molecule has 0 spiro atoms. The molecular weight excluding hydrogens is 286 g/mol. The van der Waals surface area contributed by atoms with Crippen molar-refractivity contribution in [3.63, 3.8) is 0 Å². The quantitative estimate of drug-likeness (QED) is 0.944. The van der Waals surface area contributed by atoms with Crippen LogP contribution in [0.25, 0.3) is 5.82 Å². The number of rotatable bonds is 3. The lowest BCUT2D eigenvalue weighted by molar-refractivity contribution is 0.380. The largest absolute Gasteiger partial charge is 0.328 e. The Morgan fingerprint density at radius 3 is 2.43 bits per heavy atom. The first-order chi connectivity index (χ1) is 11.3. The molecule has 23 heavy (non-hydrogen) atoms. The maximum absolute atomic E-state index is 6.07. The fourth-order valence-corrected chi connectivity index (χ4v) is 3.99. The van der Waals surface area contributed by atoms with Gasteiger partial charge in [-0.3, -0.25) is 0 Å². The minimum Gasteiger partial charge on any atom is -0.328 e. The van der Waals surface area contributed by atoms with Gasteiger partial charge in [0.05, 0.1) is 0 Å². The minimum absolute atomic E-state index is 0.353. The Hall–Kier alpha value is -1.75. The molecule has 5 nitrogen and oxygen atoms in total. The average molecular weight is 311 g/mol. The Labute approximate surface area is 137 Å². The highest BCUT2D eigenvalue weighted by Gasteiger charge is 2.29. The van der Waals surface area contributed by atoms with Gasteiger partial charge in [0, 0.05) is 24.1 Å². The van der Waals surface area contributed by atoms with Crippen molar-refractivity contribution in [2.24, 2.45) is 5.73 Å². The van der Waals surface area contributed by atoms with Gasteiger partial charge in [-0.1, -0.05) is 18.9 Å². The summed E-state index contributed by atoms with van der Waals surface area (Å²) in [6.07, 6.45) is 11.3. The average Bonchev–Trinajstić information content (AvgIpc) is 3.26. The van der Waals surface area contributed by atoms with Gasteiger partial charge in [0.15, 0.2) is 11.6 Å². The van der Waals surface area contributed by atoms with Gasteiger partial charge in [-0.2, -0.15) is 4.68 Å². The van der Waals surface area contributed by atoms with Crippen LogP contribution < -0.4 is 5.73 Å². The summed E-state index contributed by atoms with van der Waals surface area (Å²) in [5.41, 5.74) is 6.07. The lowest BCUT2D eigenvalue weighted by Crippen LogP contribution is -2.26. The van der Waals surface area contributed by atoms with Crippen LogP contribution in [0, 0.1) is 0 Å². The number of pyridine rings is 1. The zero-order chi connectivity index (χ0) is 15.6. The highest BCUT2D eigenvalue weighted by molar-refractivity contribution is 5.24. The molecule has 2 N–H and O–H groups in total. The first kappa shape index (κ1) is 14.8. The fourth-order valence-electron chi connectivity index (χ4n) is 3.99. The molecule has 0 atom stereocenters. The number of hydrogen-bond donors (Lipinski definition) is 1. The normalized spacial score (nSPS) is 25.8. The monoisotopic (exact) mass is 311 g/mol. The van der Waals surface area contributed by atoms with E-state index in [1.165, 1.54) is 25.7 Å². The Morgan fingerprint density at radius 1 is 0.957 bits per heavy atom. The summed E-state index contributed by atoms with van der Waals surface area (Å²) in [7, 11) is 0. The van der Waals surface area contributed by atoms with Crippen LogP contribution in [0.4, 0.5) is 0 Å². The Kier molecular flexibility index (Phi) is 4.12. The molecule has 2 aliphatic carbocycles. The summed E-state index contributed by atoms with van der Waals surface area (Å²) >= 11 is 0. The van der Waals surface area contributed by atoms with Gasteiger partial charge in [0.2, 0.25) is 0 Å². The third-order valence-electron chi connectivity index (χ3n) is 5.37. The predicted octanol–water partition coefficient (Wildman–Crippen LogP) is 3.30. The molecule has 2 saturated carbocycles.